The van der Waals surface area contributed by atoms with E-state index in [1.807, 2.05) is 108 Å². The fourth-order valence-corrected chi connectivity index (χ4v) is 16.8. The number of hydrogen-bond acceptors (Lipinski definition) is 2. The van der Waals surface area contributed by atoms with Gasteiger partial charge in [0, 0.05) is 33.8 Å². The van der Waals surface area contributed by atoms with Crippen molar-refractivity contribution in [2.45, 2.75) is 26.2 Å². The quantitative estimate of drug-likeness (QED) is 0.0625. The first kappa shape index (κ1) is 33.7. The number of ether oxygens (including phenoxy) is 1. The van der Waals surface area contributed by atoms with E-state index in [9.17, 15) is 27.4 Å². The molecule has 0 N–H and O–H groups in total. The van der Waals surface area contributed by atoms with Crippen molar-refractivity contribution in [1.82, 2.24) is 18.7 Å². The lowest BCUT2D eigenvalue weighted by Gasteiger charge is -2.35. The number of pyridine rings is 1. The van der Waals surface area contributed by atoms with Gasteiger partial charge in [0.2, 0.25) is 0 Å². The van der Waals surface area contributed by atoms with Gasteiger partial charge in [-0.1, -0.05) is 245 Å². The second-order valence-electron chi connectivity index (χ2n) is 22.7. The maximum absolute atomic E-state index is 10.4. The average molecular weight is 1180 g/mol. The Hall–Kier alpha value is -11.1. The van der Waals surface area contributed by atoms with Crippen molar-refractivity contribution in [2.75, 3.05) is 0 Å². The van der Waals surface area contributed by atoms with Gasteiger partial charge in [-0.3, -0.25) is 13.7 Å². The maximum atomic E-state index is 10.4. The van der Waals surface area contributed by atoms with Gasteiger partial charge in [-0.2, -0.15) is 0 Å². The Labute approximate surface area is 550 Å². The summed E-state index contributed by atoms with van der Waals surface area (Å²) in [6.07, 6.45) is 5.38. The molecule has 89 heavy (non-hydrogen) atoms. The van der Waals surface area contributed by atoms with Crippen LogP contribution < -0.4 is 30.1 Å². The number of fused-ring (bicyclic) bond motifs is 13. The normalized spacial score (nSPS) is 15.8. The van der Waals surface area contributed by atoms with Gasteiger partial charge < -0.3 is 9.30 Å². The molecule has 6 nitrogen and oxygen atoms in total. The molecule has 0 atom stereocenters. The molecule has 5 heterocycles. The molecular formula is C82H59N5OSi. The minimum Gasteiger partial charge on any atom is -0.458 e. The van der Waals surface area contributed by atoms with E-state index in [-0.39, 0.29) is 50.3 Å². The van der Waals surface area contributed by atoms with Gasteiger partial charge in [-0.05, 0) is 132 Å². The van der Waals surface area contributed by atoms with E-state index >= 15 is 0 Å². The first-order valence-electron chi connectivity index (χ1n) is 40.2. The smallest absolute Gasteiger partial charge is 0.269 e. The third-order valence-electron chi connectivity index (χ3n) is 16.8. The molecule has 0 radical (unpaired) electrons. The molecule has 12 aromatic carbocycles. The molecule has 4 aromatic heterocycles. The molecule has 0 fully saturated rings. The summed E-state index contributed by atoms with van der Waals surface area (Å²) >= 11 is 0. The molecule has 0 amide bonds. The number of benzene rings is 12. The minimum atomic E-state index is -6.21. The highest BCUT2D eigenvalue weighted by atomic mass is 28.3. The number of imidazole rings is 1. The number of para-hydroxylation sites is 4. The molecule has 17 rings (SSSR count). The third-order valence-corrected chi connectivity index (χ3v) is 21.0. The van der Waals surface area contributed by atoms with Crippen LogP contribution in [0.3, 0.4) is 0 Å². The highest BCUT2D eigenvalue weighted by Crippen LogP contribution is 2.46. The van der Waals surface area contributed by atoms with Crippen LogP contribution >= 0.6 is 0 Å². The van der Waals surface area contributed by atoms with E-state index in [0.29, 0.717) is 28.3 Å². The van der Waals surface area contributed by atoms with Crippen LogP contribution in [0, 0.1) is 6.33 Å². The van der Waals surface area contributed by atoms with E-state index in [1.54, 1.807) is 53.2 Å². The van der Waals surface area contributed by atoms with Crippen LogP contribution in [0.25, 0.3) is 111 Å². The van der Waals surface area contributed by atoms with Gasteiger partial charge in [-0.25, -0.2) is 4.98 Å². The molecule has 422 valence electrons. The summed E-state index contributed by atoms with van der Waals surface area (Å²) < 4.78 is 238. The summed E-state index contributed by atoms with van der Waals surface area (Å²) in [5.74, 6) is 1.21. The largest absolute Gasteiger partial charge is 0.458 e. The second kappa shape index (κ2) is 20.5. The molecule has 0 saturated heterocycles. The predicted octanol–water partition coefficient (Wildman–Crippen LogP) is 17.1. The van der Waals surface area contributed by atoms with E-state index in [0.717, 1.165) is 38.1 Å². The molecular weight excluding hydrogens is 1100 g/mol. The van der Waals surface area contributed by atoms with Crippen molar-refractivity contribution < 1.29 is 40.8 Å². The Morgan fingerprint density at radius 1 is 0.427 bits per heavy atom. The van der Waals surface area contributed by atoms with E-state index < -0.39 is 184 Å². The lowest BCUT2D eigenvalue weighted by Crippen LogP contribution is -2.74. The zero-order chi connectivity index (χ0) is 79.4. The van der Waals surface area contributed by atoms with E-state index in [2.05, 4.69) is 31.7 Å². The van der Waals surface area contributed by atoms with E-state index in [1.165, 1.54) is 16.7 Å². The van der Waals surface area contributed by atoms with Crippen molar-refractivity contribution in [3.8, 4) is 67.8 Å². The Morgan fingerprint density at radius 3 is 1.54 bits per heavy atom. The summed E-state index contributed by atoms with van der Waals surface area (Å²) in [6, 6.07) is 25.0. The fourth-order valence-electron chi connectivity index (χ4n) is 12.9. The number of aromatic nitrogens is 5. The minimum absolute atomic E-state index is 0.0586. The summed E-state index contributed by atoms with van der Waals surface area (Å²) in [7, 11) is -6.21. The SMILES string of the molecule is [2H]c1c([2H])c([2H])c([Si](c2cc3c4c(c2)n(-c2cccc(Oc5ccc6c7ccccc7n(-c7cc(C(C)(C)C)ccn7)c6c5)c2)[c-][n+]4-c2c(cccc2-n2c4ccccc4c4ccccc42)-c2c([2H])c([2H])c([2H])c([2H])c2-c2c([2H])c([2H])c([2H])c([2H])c2-3)(c2c([2H])c([2H])c([2H])c([2H])c2[2H])c2c([2H])c([2H])c([2H])c([2H])c2[2H])c([2H])c1[2H]. The standard InChI is InChI=1S/C82H59N5OSi/c1-82(2,3)55-47-48-83-79(49-55)87-75-43-22-19-39-69(75)70-46-45-58(51-77(70)87)88-57-26-23-25-56(50-57)84-54-85-80-71(40-24-44-76(80)86-73-41-20-17-37-67(73)68-38-18-21-42-74(68)86)65-35-15-13-33-63(65)64-34-14-16-36-66(64)72-52-62(53-78(84)81(72)85)89(59-27-7-4-8-28-59,60-29-9-5-10-30-60)61-31-11-6-12-32-61/h4-53H,1-3H3/i4D,5D,6D,7D,8D,9D,10D,11D,12D,13D,14D,15D,16D,27D,28D,29D,30D,31D,32D,33D,34D,35D,36D. The molecule has 0 saturated carbocycles. The molecule has 1 aliphatic heterocycles. The monoisotopic (exact) mass is 1180 g/mol. The first-order valence-corrected chi connectivity index (χ1v) is 30.7. The molecule has 0 unspecified atom stereocenters. The number of rotatable bonds is 9. The van der Waals surface area contributed by atoms with Crippen LogP contribution in [0.5, 0.6) is 11.5 Å². The Morgan fingerprint density at radius 2 is 0.944 bits per heavy atom. The summed E-state index contributed by atoms with van der Waals surface area (Å²) in [6.45, 7) is 6.36. The van der Waals surface area contributed by atoms with Crippen LogP contribution in [0.15, 0.2) is 303 Å². The van der Waals surface area contributed by atoms with E-state index in [4.69, 9.17) is 13.8 Å². The van der Waals surface area contributed by atoms with Crippen molar-refractivity contribution in [1.29, 1.82) is 0 Å². The summed E-state index contributed by atoms with van der Waals surface area (Å²) in [4.78, 5) is 4.88. The lowest BCUT2D eigenvalue weighted by molar-refractivity contribution is -0.571. The molecule has 1 aliphatic rings. The predicted molar refractivity (Wildman–Crippen MR) is 369 cm³/mol. The first-order chi connectivity index (χ1) is 53.3. The van der Waals surface area contributed by atoms with Crippen LogP contribution in [-0.4, -0.2) is 26.8 Å². The zero-order valence-electron chi connectivity index (χ0n) is 70.7. The zero-order valence-corrected chi connectivity index (χ0v) is 48.7. The number of hydrogen-bond donors (Lipinski definition) is 0. The third kappa shape index (κ3) is 8.23. The Bertz CT molecular complexity index is 6620. The van der Waals surface area contributed by atoms with Gasteiger partial charge in [0.05, 0.1) is 81.7 Å². The van der Waals surface area contributed by atoms with Gasteiger partial charge in [0.25, 0.3) is 6.33 Å². The topological polar surface area (TPSA) is 40.8 Å². The fraction of sp³-hybridized carbons (Fsp3) is 0.0488. The van der Waals surface area contributed by atoms with Crippen molar-refractivity contribution in [2.24, 2.45) is 0 Å². The summed E-state index contributed by atoms with van der Waals surface area (Å²) in [5.41, 5.74) is 2.11. The Balaban J connectivity index is 1.10. The van der Waals surface area contributed by atoms with Gasteiger partial charge in [0.1, 0.15) is 17.3 Å². The lowest BCUT2D eigenvalue weighted by atomic mass is 9.88. The maximum Gasteiger partial charge on any atom is 0.269 e. The highest BCUT2D eigenvalue weighted by molar-refractivity contribution is 7.20. The van der Waals surface area contributed by atoms with Gasteiger partial charge in [-0.15, -0.1) is 0 Å². The van der Waals surface area contributed by atoms with Crippen molar-refractivity contribution in [3.05, 3.63) is 315 Å². The molecule has 7 heteroatoms. The number of nitrogens with zero attached hydrogens (tertiary/aromatic N) is 5. The van der Waals surface area contributed by atoms with Crippen LogP contribution in [-0.2, 0) is 5.41 Å². The molecule has 16 aromatic rings. The van der Waals surface area contributed by atoms with Gasteiger partial charge in [0.15, 0.2) is 8.07 Å². The van der Waals surface area contributed by atoms with Crippen LogP contribution in [0.1, 0.15) is 57.9 Å². The highest BCUT2D eigenvalue weighted by Gasteiger charge is 2.43. The van der Waals surface area contributed by atoms with Crippen molar-refractivity contribution in [3.63, 3.8) is 0 Å². The molecule has 0 aliphatic carbocycles. The molecule has 0 spiro atoms. The van der Waals surface area contributed by atoms with Crippen LogP contribution in [0.4, 0.5) is 0 Å². The van der Waals surface area contributed by atoms with Crippen molar-refractivity contribution >= 4 is 83.5 Å². The second-order valence-corrected chi connectivity index (χ2v) is 26.3. The molecule has 0 bridgehead atoms. The summed E-state index contributed by atoms with van der Waals surface area (Å²) in [5, 5.41) is 0.353. The van der Waals surface area contributed by atoms with Crippen LogP contribution in [0.2, 0.25) is 0 Å². The average Bonchev–Trinajstić information content (AvgIpc) is 1.08. The Kier molecular flexibility index (Phi) is 7.77. The van der Waals surface area contributed by atoms with Gasteiger partial charge >= 0.3 is 0 Å².